The van der Waals surface area contributed by atoms with Crippen LogP contribution in [0.15, 0.2) is 0 Å². The average molecular weight is 1510 g/mol. The van der Waals surface area contributed by atoms with Crippen molar-refractivity contribution >= 4 is 0 Å². The molecule has 0 aliphatic heterocycles. The summed E-state index contributed by atoms with van der Waals surface area (Å²) in [5, 5.41) is 0. The third-order valence-corrected chi connectivity index (χ3v) is 7.70. The van der Waals surface area contributed by atoms with E-state index in [0.29, 0.717) is 0 Å². The third kappa shape index (κ3) is 96.3. The van der Waals surface area contributed by atoms with Crippen molar-refractivity contribution in [3.63, 3.8) is 0 Å². The summed E-state index contributed by atoms with van der Waals surface area (Å²) in [4.78, 5) is 0. The van der Waals surface area contributed by atoms with Gasteiger partial charge >= 0.3 is 0 Å². The average Bonchev–Trinajstić information content (AvgIpc) is 1.24. The fourth-order valence-corrected chi connectivity index (χ4v) is 3.82. The topological polar surface area (TPSA) is 0 Å². The van der Waals surface area contributed by atoms with Crippen molar-refractivity contribution < 1.29 is 0 Å². The molecule has 0 heterocycles. The van der Waals surface area contributed by atoms with Crippen molar-refractivity contribution in [3.05, 3.63) is 6.42 Å². The van der Waals surface area contributed by atoms with Crippen molar-refractivity contribution in [2.45, 2.75) is 0 Å². The lowest BCUT2D eigenvalue weighted by molar-refractivity contribution is 2.31. The molecule has 0 aromatic heterocycles. The van der Waals surface area contributed by atoms with Gasteiger partial charge in [0.25, 0.3) is 0 Å². The fourth-order valence-electron chi connectivity index (χ4n) is 3.82. The Labute approximate surface area is 741 Å². The predicted molar refractivity (Wildman–Crippen MR) is 490 cm³/mol. The molecule has 0 aliphatic carbocycles. The molecule has 0 nitrogen and oxygen atoms in total. The molecular formula is C126H-. The number of rotatable bonds is 0. The monoisotopic (exact) mass is 1510 g/mol. The van der Waals surface area contributed by atoms with Crippen molar-refractivity contribution in [1.29, 1.82) is 0 Å². The van der Waals surface area contributed by atoms with Gasteiger partial charge in [0.05, 0.1) is 0 Å². The molecule has 0 heteroatoms. The molecule has 0 saturated heterocycles. The van der Waals surface area contributed by atoms with E-state index in [0.717, 1.165) is 0 Å². The van der Waals surface area contributed by atoms with E-state index in [9.17, 15) is 0 Å². The van der Waals surface area contributed by atoms with Crippen LogP contribution in [0.5, 0.6) is 0 Å². The maximum absolute atomic E-state index is 6.59. The normalized spacial score (nSPS) is 3.95. The van der Waals surface area contributed by atoms with Crippen molar-refractivity contribution in [2.24, 2.45) is 0 Å². The molecular weight excluding hydrogens is 1510 g/mol. The quantitative estimate of drug-likeness (QED) is 0.244. The fraction of sp³-hybridized carbons (Fsp3) is 0. The molecule has 0 fully saturated rings. The molecule has 0 unspecified atom stereocenters. The maximum atomic E-state index is 6.59. The van der Waals surface area contributed by atoms with Crippen LogP contribution in [-0.2, 0) is 0 Å². The summed E-state index contributed by atoms with van der Waals surface area (Å²) in [6.07, 6.45) is 11.5. The molecule has 126 heavy (non-hydrogen) atoms. The lowest BCUT2D eigenvalue weighted by atomic mass is 10.4. The third-order valence-electron chi connectivity index (χ3n) is 7.70. The molecule has 0 aliphatic rings. The molecule has 0 atom stereocenters. The first-order valence-corrected chi connectivity index (χ1v) is 31.3. The van der Waals surface area contributed by atoms with Gasteiger partial charge in [-0.05, 0) is 94.7 Å². The highest BCUT2D eigenvalue weighted by Crippen LogP contribution is 1.70. The van der Waals surface area contributed by atoms with E-state index in [1.165, 1.54) is 0 Å². The summed E-state index contributed by atoms with van der Waals surface area (Å²) in [6, 6.07) is 0. The van der Waals surface area contributed by atoms with E-state index >= 15 is 0 Å². The predicted octanol–water partition coefficient (Wildman–Crippen LogP) is 0.417. The van der Waals surface area contributed by atoms with Gasteiger partial charge in [0.15, 0.2) is 0 Å². The zero-order valence-corrected chi connectivity index (χ0v) is 63.1. The summed E-state index contributed by atoms with van der Waals surface area (Å²) in [7, 11) is 0. The minimum Gasteiger partial charge on any atom is -0.358 e. The number of hydrogen-bond donors (Lipinski definition) is 0. The van der Waals surface area contributed by atoms with Crippen LogP contribution in [0.1, 0.15) is 0 Å². The molecule has 0 aromatic carbocycles. The highest BCUT2D eigenvalue weighted by molar-refractivity contribution is 5.58. The molecule has 0 saturated carbocycles. The van der Waals surface area contributed by atoms with Gasteiger partial charge in [-0.15, -0.1) is 12.3 Å². The second kappa shape index (κ2) is 97.3. The Morgan fingerprint density at radius 3 is 0.143 bits per heavy atom. The van der Waals surface area contributed by atoms with E-state index in [4.69, 9.17) is 12.8 Å². The van der Waals surface area contributed by atoms with E-state index in [2.05, 4.69) is 728 Å². The zero-order valence-electron chi connectivity index (χ0n) is 63.1. The van der Waals surface area contributed by atoms with Crippen molar-refractivity contribution in [2.75, 3.05) is 0 Å². The summed E-state index contributed by atoms with van der Waals surface area (Å²) < 4.78 is 0. The molecule has 0 amide bonds. The van der Waals surface area contributed by atoms with Gasteiger partial charge in [0, 0.05) is 622 Å². The maximum Gasteiger partial charge on any atom is 0 e. The van der Waals surface area contributed by atoms with Gasteiger partial charge < -0.3 is 6.42 Å². The summed E-state index contributed by atoms with van der Waals surface area (Å²) in [5.74, 6) is 307. The van der Waals surface area contributed by atoms with Gasteiger partial charge in [-0.25, -0.2) is 5.92 Å². The highest BCUT2D eigenvalue weighted by Gasteiger charge is 1.69. The lowest BCUT2D eigenvalue weighted by Gasteiger charge is -1.63. The van der Waals surface area contributed by atoms with E-state index in [1.54, 1.807) is 0 Å². The van der Waals surface area contributed by atoms with Gasteiger partial charge in [0.1, 0.15) is 0 Å². The Balaban J connectivity index is 4.65. The minimum absolute atomic E-state index is 1.87. The number of hydrogen-bond acceptors (Lipinski definition) is 0. The number of terminal acetylenes is 1. The molecule has 506 valence electrons. The lowest BCUT2D eigenvalue weighted by Crippen LogP contribution is -1.57. The van der Waals surface area contributed by atoms with Gasteiger partial charge in [-0.3, -0.25) is 5.92 Å². The molecule has 0 spiro atoms. The van der Waals surface area contributed by atoms with Gasteiger partial charge in [-0.1, -0.05) is 0 Å². The zero-order chi connectivity index (χ0) is 89.7. The minimum atomic E-state index is 1.87. The first-order valence-electron chi connectivity index (χ1n) is 31.3. The Hall–Kier alpha value is -27.7. The molecule has 0 radical (unpaired) electrons. The Morgan fingerprint density at radius 1 is 0.0635 bits per heavy atom. The Kier molecular flexibility index (Phi) is 75.9. The van der Waals surface area contributed by atoms with Crippen LogP contribution in [0.3, 0.4) is 0 Å². The van der Waals surface area contributed by atoms with Crippen LogP contribution in [0, 0.1) is 747 Å². The second-order valence-electron chi connectivity index (χ2n) is 15.5. The largest absolute Gasteiger partial charge is 0.358 e. The SMILES string of the molecule is [C-]#CC#CC#CC#CC#CC#CC#CC#CC#CC#CC#CC#CC#CC#CC#CC#CC#CC#CC#CC#CC#CC#CC#CC#CC#CC#CC#CC#CC#CC#CC#CC#CC#CC#CC#CC#CC#CC#CC#CC#CC#CC#CC#CC#CC#CC#CC#CC#CC#CC#CC#CC#CC#CC#CC#CC#CC#CC#CC#CC#CC#CC#CC#C. The van der Waals surface area contributed by atoms with Crippen molar-refractivity contribution in [1.82, 2.24) is 0 Å². The summed E-state index contributed by atoms with van der Waals surface area (Å²) in [5.41, 5.74) is 0. The van der Waals surface area contributed by atoms with Crippen LogP contribution < -0.4 is 0 Å². The van der Waals surface area contributed by atoms with Gasteiger partial charge in [-0.2, -0.15) is 0 Å². The molecule has 0 N–H and O–H groups in total. The van der Waals surface area contributed by atoms with E-state index in [-0.39, 0.29) is 0 Å². The molecule has 0 rings (SSSR count). The molecule has 0 aromatic rings. The van der Waals surface area contributed by atoms with E-state index in [1.807, 2.05) is 5.92 Å². The van der Waals surface area contributed by atoms with Crippen LogP contribution in [0.25, 0.3) is 0 Å². The van der Waals surface area contributed by atoms with Crippen LogP contribution in [0.4, 0.5) is 0 Å². The van der Waals surface area contributed by atoms with Crippen LogP contribution >= 0.6 is 0 Å². The Morgan fingerprint density at radius 2 is 0.103 bits per heavy atom. The van der Waals surface area contributed by atoms with Gasteiger partial charge in [0.2, 0.25) is 0 Å². The summed E-state index contributed by atoms with van der Waals surface area (Å²) >= 11 is 0. The first kappa shape index (κ1) is 98.3. The first-order chi connectivity index (χ1) is 62.9. The second-order valence-corrected chi connectivity index (χ2v) is 15.5. The Bertz CT molecular complexity index is 8400. The summed E-state index contributed by atoms with van der Waals surface area (Å²) in [6.45, 7) is 0. The van der Waals surface area contributed by atoms with Crippen molar-refractivity contribution in [3.8, 4) is 741 Å². The smallest absolute Gasteiger partial charge is 0 e. The van der Waals surface area contributed by atoms with E-state index < -0.39 is 0 Å². The van der Waals surface area contributed by atoms with Crippen LogP contribution in [-0.4, -0.2) is 0 Å². The highest BCUT2D eigenvalue weighted by atomic mass is 13.7. The van der Waals surface area contributed by atoms with Crippen LogP contribution in [0.2, 0.25) is 0 Å². The standard InChI is InChI=1S/C126H/c1-3-5-7-9-11-13-15-17-19-21-23-25-27-29-31-33-35-37-39-41-43-45-47-49-51-53-55-57-59-61-63-65-67-69-71-73-75-77-79-81-83-85-87-89-91-93-95-97-99-101-103-105-107-109-111-113-115-117-119-121-123-125-126-124-122-120-118-116-114-112-110-108-106-104-102-100-98-96-94-92-90-88-86-84-82-80-78-76-74-72-70-68-66-64-62-60-58-56-54-52-50-48-46-44-42-40-38-36-34-32-30-28-26-24-22-20-18-16-14-12-10-8-6-4-2/h1H/q-1. The molecule has 0 bridgehead atoms.